The molecule has 0 nitrogen and oxygen atoms in total. The summed E-state index contributed by atoms with van der Waals surface area (Å²) in [6.07, 6.45) is 0. The van der Waals surface area contributed by atoms with Crippen molar-refractivity contribution >= 4 is 43.1 Å². The van der Waals surface area contributed by atoms with Crippen LogP contribution in [-0.2, 0) is 16.2 Å². The van der Waals surface area contributed by atoms with Crippen LogP contribution >= 0.6 is 0 Å². The third kappa shape index (κ3) is 5.46. The molecular weight excluding hydrogens is 661 g/mol. The first-order valence-corrected chi connectivity index (χ1v) is 20.6. The van der Waals surface area contributed by atoms with Gasteiger partial charge in [0.25, 0.3) is 0 Å². The van der Waals surface area contributed by atoms with Crippen LogP contribution in [0.5, 0.6) is 0 Å². The monoisotopic (exact) mass is 716 g/mol. The maximum Gasteiger partial charge on any atom is 0.0159 e. The predicted molar refractivity (Wildman–Crippen MR) is 242 cm³/mol. The topological polar surface area (TPSA) is 0 Å². The fraction of sp³-hybridized carbons (Fsp3) is 0.309. The van der Waals surface area contributed by atoms with Gasteiger partial charge in [0.2, 0.25) is 0 Å². The molecule has 0 atom stereocenters. The molecule has 0 amide bonds. The van der Waals surface area contributed by atoms with Gasteiger partial charge in [0.15, 0.2) is 0 Å². The van der Waals surface area contributed by atoms with Gasteiger partial charge in [-0.2, -0.15) is 0 Å². The molecule has 0 radical (unpaired) electrons. The molecule has 0 saturated carbocycles. The van der Waals surface area contributed by atoms with Crippen LogP contribution in [0.15, 0.2) is 109 Å². The largest absolute Gasteiger partial charge is 0.0587 e. The molecule has 0 aromatic heterocycles. The lowest BCUT2D eigenvalue weighted by molar-refractivity contribution is 0.580. The van der Waals surface area contributed by atoms with Gasteiger partial charge in [-0.15, -0.1) is 0 Å². The van der Waals surface area contributed by atoms with Gasteiger partial charge in [0.1, 0.15) is 0 Å². The quantitative estimate of drug-likeness (QED) is 0.159. The lowest BCUT2D eigenvalue weighted by Gasteiger charge is -2.27. The first-order valence-electron chi connectivity index (χ1n) is 20.6. The Hall–Kier alpha value is -4.94. The molecule has 0 heterocycles. The fourth-order valence-electron chi connectivity index (χ4n) is 9.73. The molecule has 0 heteroatoms. The van der Waals surface area contributed by atoms with Crippen LogP contribution in [0.3, 0.4) is 0 Å². The Balaban J connectivity index is 1.27. The summed E-state index contributed by atoms with van der Waals surface area (Å²) in [6.45, 7) is 28.2. The van der Waals surface area contributed by atoms with Crippen molar-refractivity contribution in [2.45, 2.75) is 111 Å². The molecule has 0 fully saturated rings. The molecule has 55 heavy (non-hydrogen) atoms. The van der Waals surface area contributed by atoms with Crippen LogP contribution in [-0.4, -0.2) is 0 Å². The van der Waals surface area contributed by atoms with E-state index in [0.29, 0.717) is 11.8 Å². The fourth-order valence-corrected chi connectivity index (χ4v) is 9.73. The Bertz CT molecular complexity index is 2840. The van der Waals surface area contributed by atoms with Crippen LogP contribution in [0.4, 0.5) is 0 Å². The van der Waals surface area contributed by atoms with Gasteiger partial charge in [-0.3, -0.25) is 0 Å². The van der Waals surface area contributed by atoms with E-state index in [9.17, 15) is 0 Å². The van der Waals surface area contributed by atoms with E-state index in [1.807, 2.05) is 0 Å². The highest BCUT2D eigenvalue weighted by Crippen LogP contribution is 2.54. The van der Waals surface area contributed by atoms with E-state index in [2.05, 4.69) is 192 Å². The number of fused-ring (bicyclic) bond motifs is 4. The summed E-state index contributed by atoms with van der Waals surface area (Å²) >= 11 is 0. The predicted octanol–water partition coefficient (Wildman–Crippen LogP) is 16.2. The van der Waals surface area contributed by atoms with Gasteiger partial charge in [0, 0.05) is 5.41 Å². The molecule has 1 aliphatic rings. The van der Waals surface area contributed by atoms with E-state index in [-0.39, 0.29) is 16.2 Å². The molecule has 0 N–H and O–H groups in total. The number of rotatable bonds is 4. The maximum atomic E-state index is 2.51. The highest BCUT2D eigenvalue weighted by Gasteiger charge is 2.39. The van der Waals surface area contributed by atoms with Crippen molar-refractivity contribution in [1.82, 2.24) is 0 Å². The van der Waals surface area contributed by atoms with E-state index >= 15 is 0 Å². The molecule has 0 bridgehead atoms. The maximum absolute atomic E-state index is 2.51. The average Bonchev–Trinajstić information content (AvgIpc) is 3.37. The van der Waals surface area contributed by atoms with E-state index in [4.69, 9.17) is 0 Å². The number of hydrogen-bond acceptors (Lipinski definition) is 0. The van der Waals surface area contributed by atoms with Gasteiger partial charge >= 0.3 is 0 Å². The van der Waals surface area contributed by atoms with Gasteiger partial charge < -0.3 is 0 Å². The van der Waals surface area contributed by atoms with Crippen molar-refractivity contribution in [1.29, 1.82) is 0 Å². The van der Waals surface area contributed by atoms with Crippen molar-refractivity contribution in [3.63, 3.8) is 0 Å². The zero-order valence-corrected chi connectivity index (χ0v) is 35.0. The Kier molecular flexibility index (Phi) is 7.82. The van der Waals surface area contributed by atoms with Crippen LogP contribution in [0, 0.1) is 0 Å². The lowest BCUT2D eigenvalue weighted by atomic mass is 9.76. The zero-order valence-electron chi connectivity index (χ0n) is 35.0. The highest BCUT2D eigenvalue weighted by molar-refractivity contribution is 6.27. The summed E-state index contributed by atoms with van der Waals surface area (Å²) in [4.78, 5) is 0. The minimum absolute atomic E-state index is 0.0221. The minimum atomic E-state index is -0.0922. The smallest absolute Gasteiger partial charge is 0.0159 e. The summed E-state index contributed by atoms with van der Waals surface area (Å²) in [5, 5.41) is 10.8. The zero-order chi connectivity index (χ0) is 38.9. The van der Waals surface area contributed by atoms with E-state index < -0.39 is 0 Å². The highest BCUT2D eigenvalue weighted by atomic mass is 14.4. The molecule has 8 aromatic carbocycles. The molecule has 0 aliphatic heterocycles. The minimum Gasteiger partial charge on any atom is -0.0587 e. The first kappa shape index (κ1) is 35.7. The second kappa shape index (κ2) is 12.0. The SMILES string of the molecule is CC(C)c1ccc2ccc3c(C(C)C)cc(-c4ccc5ccc(-c6cc(C(C)(C)C)cc7c6-c6ccc(C(C)(C)C)cc6C7(C)C)cc5c4)c4ccc1c2c43. The van der Waals surface area contributed by atoms with Crippen LogP contribution in [0.1, 0.15) is 128 Å². The molecular formula is C55H56. The van der Waals surface area contributed by atoms with E-state index in [0.717, 1.165) is 0 Å². The Labute approximate surface area is 329 Å². The summed E-state index contributed by atoms with van der Waals surface area (Å²) < 4.78 is 0. The molecule has 0 unspecified atom stereocenters. The van der Waals surface area contributed by atoms with Crippen LogP contribution in [0.2, 0.25) is 0 Å². The Morgan fingerprint density at radius 1 is 0.418 bits per heavy atom. The third-order valence-electron chi connectivity index (χ3n) is 13.1. The van der Waals surface area contributed by atoms with Gasteiger partial charge in [-0.1, -0.05) is 168 Å². The van der Waals surface area contributed by atoms with Gasteiger partial charge in [-0.25, -0.2) is 0 Å². The van der Waals surface area contributed by atoms with Crippen molar-refractivity contribution < 1.29 is 0 Å². The normalized spacial score (nSPS) is 14.3. The second-order valence-electron chi connectivity index (χ2n) is 19.8. The van der Waals surface area contributed by atoms with Crippen molar-refractivity contribution in [3.05, 3.63) is 143 Å². The van der Waals surface area contributed by atoms with Crippen molar-refractivity contribution in [2.24, 2.45) is 0 Å². The summed E-state index contributed by atoms with van der Waals surface area (Å²) in [6, 6.07) is 43.3. The third-order valence-corrected chi connectivity index (χ3v) is 13.1. The summed E-state index contributed by atoms with van der Waals surface area (Å²) in [5.74, 6) is 0.873. The van der Waals surface area contributed by atoms with Gasteiger partial charge in [0.05, 0.1) is 0 Å². The van der Waals surface area contributed by atoms with E-state index in [1.54, 1.807) is 0 Å². The Morgan fingerprint density at radius 3 is 1.64 bits per heavy atom. The first-order chi connectivity index (χ1) is 25.9. The lowest BCUT2D eigenvalue weighted by Crippen LogP contribution is -2.19. The van der Waals surface area contributed by atoms with Crippen molar-refractivity contribution in [2.75, 3.05) is 0 Å². The molecule has 9 rings (SSSR count). The molecule has 1 aliphatic carbocycles. The van der Waals surface area contributed by atoms with Gasteiger partial charge in [-0.05, 0) is 157 Å². The summed E-state index contributed by atoms with van der Waals surface area (Å²) in [7, 11) is 0. The molecule has 0 spiro atoms. The van der Waals surface area contributed by atoms with Crippen LogP contribution < -0.4 is 0 Å². The van der Waals surface area contributed by atoms with Crippen LogP contribution in [0.25, 0.3) is 76.5 Å². The number of hydrogen-bond donors (Lipinski definition) is 0. The molecule has 276 valence electrons. The average molecular weight is 717 g/mol. The standard InChI is InChI=1S/C55H56/c1-31(2)40-20-17-34-18-21-42-45(32(3)4)30-46(43-24-23-41(40)50(34)52(42)43)35-15-13-33-14-16-36(26-37(33)25-35)47-27-39(54(8,9)10)29-49-51(47)44-22-19-38(53(5,6)7)28-48(44)55(49,11)12/h13-32H,1-12H3. The molecule has 8 aromatic rings. The van der Waals surface area contributed by atoms with E-state index in [1.165, 1.54) is 110 Å². The Morgan fingerprint density at radius 2 is 0.982 bits per heavy atom. The second-order valence-corrected chi connectivity index (χ2v) is 19.8. The number of benzene rings is 8. The molecule has 0 saturated heterocycles. The summed E-state index contributed by atoms with van der Waals surface area (Å²) in [5.41, 5.74) is 16.6. The van der Waals surface area contributed by atoms with Crippen molar-refractivity contribution in [3.8, 4) is 33.4 Å².